The number of hydrogen-bond donors (Lipinski definition) is 2. The van der Waals surface area contributed by atoms with Crippen molar-refractivity contribution in [3.05, 3.63) is 35.9 Å². The molecule has 4 N–H and O–H groups in total. The second-order valence-electron chi connectivity index (χ2n) is 3.99. The summed E-state index contributed by atoms with van der Waals surface area (Å²) in [5, 5.41) is 0. The van der Waals surface area contributed by atoms with E-state index >= 15 is 0 Å². The second kappa shape index (κ2) is 5.51. The van der Waals surface area contributed by atoms with Crippen molar-refractivity contribution in [2.45, 2.75) is 25.8 Å². The predicted molar refractivity (Wildman–Crippen MR) is 61.1 cm³/mol. The third kappa shape index (κ3) is 4.13. The first-order chi connectivity index (χ1) is 7.09. The summed E-state index contributed by atoms with van der Waals surface area (Å²) < 4.78 is 0. The molecule has 0 fully saturated rings. The fourth-order valence-corrected chi connectivity index (χ4v) is 1.57. The van der Waals surface area contributed by atoms with Crippen LogP contribution in [0.25, 0.3) is 0 Å². The van der Waals surface area contributed by atoms with Crippen LogP contribution < -0.4 is 11.5 Å². The molecule has 0 bridgehead atoms. The van der Waals surface area contributed by atoms with E-state index in [4.69, 9.17) is 11.5 Å². The van der Waals surface area contributed by atoms with Gasteiger partial charge in [-0.05, 0) is 18.4 Å². The zero-order valence-corrected chi connectivity index (χ0v) is 9.02. The molecule has 15 heavy (non-hydrogen) atoms. The molecular weight excluding hydrogens is 188 g/mol. The first-order valence-corrected chi connectivity index (χ1v) is 5.18. The predicted octanol–water partition coefficient (Wildman–Crippen LogP) is 1.07. The quantitative estimate of drug-likeness (QED) is 0.756. The topological polar surface area (TPSA) is 69.1 Å². The molecule has 1 amide bonds. The van der Waals surface area contributed by atoms with E-state index in [-0.39, 0.29) is 17.9 Å². The third-order valence-electron chi connectivity index (χ3n) is 2.48. The van der Waals surface area contributed by atoms with Gasteiger partial charge in [0, 0.05) is 12.0 Å². The third-order valence-corrected chi connectivity index (χ3v) is 2.48. The van der Waals surface area contributed by atoms with E-state index in [0.29, 0.717) is 6.42 Å². The van der Waals surface area contributed by atoms with Gasteiger partial charge in [0.05, 0.1) is 0 Å². The van der Waals surface area contributed by atoms with E-state index in [0.717, 1.165) is 6.42 Å². The van der Waals surface area contributed by atoms with Crippen LogP contribution in [0, 0.1) is 5.92 Å². The summed E-state index contributed by atoms with van der Waals surface area (Å²) in [5.41, 5.74) is 12.3. The van der Waals surface area contributed by atoms with Gasteiger partial charge in [0.1, 0.15) is 0 Å². The van der Waals surface area contributed by atoms with Crippen LogP contribution in [0.3, 0.4) is 0 Å². The van der Waals surface area contributed by atoms with E-state index in [1.54, 1.807) is 0 Å². The fourth-order valence-electron chi connectivity index (χ4n) is 1.57. The normalized spacial score (nSPS) is 14.5. The Morgan fingerprint density at radius 3 is 2.47 bits per heavy atom. The summed E-state index contributed by atoms with van der Waals surface area (Å²) in [4.78, 5) is 10.9. The molecule has 0 saturated carbocycles. The number of benzene rings is 1. The molecule has 2 unspecified atom stereocenters. The minimum atomic E-state index is -0.279. The van der Waals surface area contributed by atoms with Crippen LogP contribution in [-0.2, 0) is 11.2 Å². The molecule has 0 aromatic heterocycles. The summed E-state index contributed by atoms with van der Waals surface area (Å²) in [7, 11) is 0. The van der Waals surface area contributed by atoms with Gasteiger partial charge in [-0.3, -0.25) is 4.79 Å². The summed E-state index contributed by atoms with van der Waals surface area (Å²) >= 11 is 0. The molecule has 3 nitrogen and oxygen atoms in total. The molecular formula is C12H18N2O. The SMILES string of the molecule is CC(CC(N)Cc1ccccc1)C(N)=O. The van der Waals surface area contributed by atoms with Crippen LogP contribution in [0.5, 0.6) is 0 Å². The van der Waals surface area contributed by atoms with Gasteiger partial charge in [0.15, 0.2) is 0 Å². The highest BCUT2D eigenvalue weighted by molar-refractivity contribution is 5.76. The first-order valence-electron chi connectivity index (χ1n) is 5.18. The Balaban J connectivity index is 2.43. The van der Waals surface area contributed by atoms with E-state index in [1.807, 2.05) is 37.3 Å². The van der Waals surface area contributed by atoms with Crippen LogP contribution in [0.2, 0.25) is 0 Å². The second-order valence-corrected chi connectivity index (χ2v) is 3.99. The Bertz CT molecular complexity index is 311. The van der Waals surface area contributed by atoms with Crippen molar-refractivity contribution in [2.75, 3.05) is 0 Å². The molecule has 0 aliphatic rings. The van der Waals surface area contributed by atoms with Gasteiger partial charge < -0.3 is 11.5 Å². The van der Waals surface area contributed by atoms with Gasteiger partial charge in [0.2, 0.25) is 5.91 Å². The number of carbonyl (C=O) groups excluding carboxylic acids is 1. The molecule has 0 aliphatic heterocycles. The Kier molecular flexibility index (Phi) is 4.31. The number of primary amides is 1. The number of hydrogen-bond acceptors (Lipinski definition) is 2. The summed E-state index contributed by atoms with van der Waals surface area (Å²) in [5.74, 6) is -0.428. The molecule has 1 aromatic rings. The number of nitrogens with two attached hydrogens (primary N) is 2. The van der Waals surface area contributed by atoms with Crippen molar-refractivity contribution in [3.63, 3.8) is 0 Å². The zero-order valence-electron chi connectivity index (χ0n) is 9.02. The average Bonchev–Trinajstić information content (AvgIpc) is 2.18. The standard InChI is InChI=1S/C12H18N2O/c1-9(12(14)15)7-11(13)8-10-5-3-2-4-6-10/h2-6,9,11H,7-8,13H2,1H3,(H2,14,15). The molecule has 82 valence electrons. The molecule has 0 heterocycles. The van der Waals surface area contributed by atoms with Crippen LogP contribution in [0.1, 0.15) is 18.9 Å². The Morgan fingerprint density at radius 1 is 1.33 bits per heavy atom. The van der Waals surface area contributed by atoms with Gasteiger partial charge in [0.25, 0.3) is 0 Å². The van der Waals surface area contributed by atoms with Crippen molar-refractivity contribution in [3.8, 4) is 0 Å². The largest absolute Gasteiger partial charge is 0.369 e. The van der Waals surface area contributed by atoms with Gasteiger partial charge in [-0.15, -0.1) is 0 Å². The highest BCUT2D eigenvalue weighted by Crippen LogP contribution is 2.09. The summed E-state index contributed by atoms with van der Waals surface area (Å²) in [6.07, 6.45) is 1.43. The Morgan fingerprint density at radius 2 is 1.93 bits per heavy atom. The minimum absolute atomic E-state index is 0.00472. The first kappa shape index (κ1) is 11.7. The number of rotatable bonds is 5. The molecule has 2 atom stereocenters. The van der Waals surface area contributed by atoms with Crippen molar-refractivity contribution >= 4 is 5.91 Å². The smallest absolute Gasteiger partial charge is 0.220 e. The van der Waals surface area contributed by atoms with E-state index in [2.05, 4.69) is 0 Å². The van der Waals surface area contributed by atoms with Gasteiger partial charge in [-0.2, -0.15) is 0 Å². The fraction of sp³-hybridized carbons (Fsp3) is 0.417. The number of amides is 1. The molecule has 3 heteroatoms. The highest BCUT2D eigenvalue weighted by atomic mass is 16.1. The van der Waals surface area contributed by atoms with Crippen LogP contribution in [0.4, 0.5) is 0 Å². The average molecular weight is 206 g/mol. The van der Waals surface area contributed by atoms with Gasteiger partial charge >= 0.3 is 0 Å². The molecule has 1 aromatic carbocycles. The van der Waals surface area contributed by atoms with Crippen molar-refractivity contribution in [2.24, 2.45) is 17.4 Å². The molecule has 0 radical (unpaired) electrons. The van der Waals surface area contributed by atoms with Gasteiger partial charge in [-0.25, -0.2) is 0 Å². The van der Waals surface area contributed by atoms with Crippen molar-refractivity contribution in [1.82, 2.24) is 0 Å². The lowest BCUT2D eigenvalue weighted by Crippen LogP contribution is -2.30. The molecule has 0 spiro atoms. The zero-order chi connectivity index (χ0) is 11.3. The lowest BCUT2D eigenvalue weighted by atomic mass is 9.96. The lowest BCUT2D eigenvalue weighted by molar-refractivity contribution is -0.121. The van der Waals surface area contributed by atoms with Crippen LogP contribution >= 0.6 is 0 Å². The Labute approximate surface area is 90.5 Å². The maximum atomic E-state index is 10.9. The molecule has 1 rings (SSSR count). The van der Waals surface area contributed by atoms with E-state index in [1.165, 1.54) is 5.56 Å². The molecule has 0 saturated heterocycles. The van der Waals surface area contributed by atoms with E-state index in [9.17, 15) is 4.79 Å². The van der Waals surface area contributed by atoms with Crippen molar-refractivity contribution in [1.29, 1.82) is 0 Å². The minimum Gasteiger partial charge on any atom is -0.369 e. The lowest BCUT2D eigenvalue weighted by Gasteiger charge is -2.14. The molecule has 0 aliphatic carbocycles. The van der Waals surface area contributed by atoms with Gasteiger partial charge in [-0.1, -0.05) is 37.3 Å². The maximum absolute atomic E-state index is 10.9. The Hall–Kier alpha value is -1.35. The highest BCUT2D eigenvalue weighted by Gasteiger charge is 2.13. The summed E-state index contributed by atoms with van der Waals surface area (Å²) in [6, 6.07) is 10.0. The maximum Gasteiger partial charge on any atom is 0.220 e. The summed E-state index contributed by atoms with van der Waals surface area (Å²) in [6.45, 7) is 1.81. The monoisotopic (exact) mass is 206 g/mol. The van der Waals surface area contributed by atoms with E-state index < -0.39 is 0 Å². The van der Waals surface area contributed by atoms with Crippen LogP contribution in [0.15, 0.2) is 30.3 Å². The van der Waals surface area contributed by atoms with Crippen molar-refractivity contribution < 1.29 is 4.79 Å². The number of carbonyl (C=O) groups is 1. The van der Waals surface area contributed by atoms with Crippen LogP contribution in [-0.4, -0.2) is 11.9 Å².